The number of amides is 1. The highest BCUT2D eigenvalue weighted by Gasteiger charge is 2.21. The number of anilines is 1. The van der Waals surface area contributed by atoms with Crippen molar-refractivity contribution < 1.29 is 22.3 Å². The molecule has 8 heteroatoms. The first-order chi connectivity index (χ1) is 12.8. The molecule has 0 spiro atoms. The third kappa shape index (κ3) is 6.90. The fourth-order valence-corrected chi connectivity index (χ4v) is 3.89. The minimum Gasteiger partial charge on any atom is -0.497 e. The van der Waals surface area contributed by atoms with Crippen LogP contribution < -0.4 is 14.8 Å². The average Bonchev–Trinajstić information content (AvgIpc) is 2.61. The molecule has 6 nitrogen and oxygen atoms in total. The van der Waals surface area contributed by atoms with Crippen molar-refractivity contribution >= 4 is 21.6 Å². The second kappa shape index (κ2) is 9.36. The lowest BCUT2D eigenvalue weighted by molar-refractivity contribution is -0.123. The van der Waals surface area contributed by atoms with E-state index in [0.29, 0.717) is 13.0 Å². The highest BCUT2D eigenvalue weighted by atomic mass is 32.2. The van der Waals surface area contributed by atoms with Crippen LogP contribution in [0.3, 0.4) is 0 Å². The van der Waals surface area contributed by atoms with Crippen molar-refractivity contribution in [1.29, 1.82) is 0 Å². The summed E-state index contributed by atoms with van der Waals surface area (Å²) in [6, 6.07) is 12.6. The van der Waals surface area contributed by atoms with Crippen molar-refractivity contribution in [1.82, 2.24) is 5.32 Å². The van der Waals surface area contributed by atoms with Crippen LogP contribution >= 0.6 is 0 Å². The predicted octanol–water partition coefficient (Wildman–Crippen LogP) is 2.57. The van der Waals surface area contributed by atoms with Crippen LogP contribution in [0.25, 0.3) is 0 Å². The molecule has 1 atom stereocenters. The molecule has 0 radical (unpaired) electrons. The van der Waals surface area contributed by atoms with Crippen molar-refractivity contribution in [2.24, 2.45) is 5.92 Å². The maximum absolute atomic E-state index is 13.2. The Labute approximate surface area is 158 Å². The smallest absolute Gasteiger partial charge is 0.233 e. The van der Waals surface area contributed by atoms with E-state index in [1.807, 2.05) is 24.3 Å². The molecule has 0 saturated heterocycles. The topological polar surface area (TPSA) is 84.5 Å². The first kappa shape index (κ1) is 20.7. The number of nitrogens with one attached hydrogen (secondary N) is 2. The van der Waals surface area contributed by atoms with Crippen molar-refractivity contribution in [3.63, 3.8) is 0 Å². The molecular formula is C19H23FN2O4S. The van der Waals surface area contributed by atoms with E-state index in [9.17, 15) is 17.6 Å². The summed E-state index contributed by atoms with van der Waals surface area (Å²) in [5.74, 6) is -1.31. The van der Waals surface area contributed by atoms with Crippen molar-refractivity contribution in [2.75, 3.05) is 24.1 Å². The van der Waals surface area contributed by atoms with E-state index in [-0.39, 0.29) is 11.6 Å². The van der Waals surface area contributed by atoms with E-state index in [1.165, 1.54) is 25.1 Å². The average molecular weight is 394 g/mol. The van der Waals surface area contributed by atoms with Gasteiger partial charge in [-0.25, -0.2) is 12.8 Å². The number of carbonyl (C=O) groups excluding carboxylic acids is 1. The number of benzene rings is 2. The SMILES string of the molecule is COc1cccc(CCNC(=O)C(C)CS(=O)(=O)Nc2cccc(F)c2)c1. The van der Waals surface area contributed by atoms with Gasteiger partial charge < -0.3 is 10.1 Å². The lowest BCUT2D eigenvalue weighted by Gasteiger charge is -2.14. The molecule has 2 rings (SSSR count). The first-order valence-electron chi connectivity index (χ1n) is 8.46. The number of carbonyl (C=O) groups is 1. The highest BCUT2D eigenvalue weighted by molar-refractivity contribution is 7.92. The Balaban J connectivity index is 1.83. The number of sulfonamides is 1. The normalized spacial score (nSPS) is 12.3. The summed E-state index contributed by atoms with van der Waals surface area (Å²) in [6.45, 7) is 1.92. The summed E-state index contributed by atoms with van der Waals surface area (Å²) >= 11 is 0. The Morgan fingerprint density at radius 1 is 1.19 bits per heavy atom. The third-order valence-electron chi connectivity index (χ3n) is 3.86. The fourth-order valence-electron chi connectivity index (χ4n) is 2.51. The summed E-state index contributed by atoms with van der Waals surface area (Å²) < 4.78 is 44.9. The van der Waals surface area contributed by atoms with Crippen LogP contribution in [0.2, 0.25) is 0 Å². The molecule has 0 saturated carbocycles. The molecule has 0 bridgehead atoms. The molecular weight excluding hydrogens is 371 g/mol. The van der Waals surface area contributed by atoms with Crippen LogP contribution in [0.4, 0.5) is 10.1 Å². The number of rotatable bonds is 9. The van der Waals surface area contributed by atoms with Crippen molar-refractivity contribution in [2.45, 2.75) is 13.3 Å². The molecule has 146 valence electrons. The quantitative estimate of drug-likeness (QED) is 0.685. The van der Waals surface area contributed by atoms with Gasteiger partial charge >= 0.3 is 0 Å². The largest absolute Gasteiger partial charge is 0.497 e. The second-order valence-electron chi connectivity index (χ2n) is 6.19. The van der Waals surface area contributed by atoms with Gasteiger partial charge in [0.25, 0.3) is 0 Å². The number of halogens is 1. The molecule has 0 fully saturated rings. The predicted molar refractivity (Wildman–Crippen MR) is 103 cm³/mol. The maximum Gasteiger partial charge on any atom is 0.233 e. The molecule has 0 aromatic heterocycles. The van der Waals surface area contributed by atoms with Gasteiger partial charge in [0.2, 0.25) is 15.9 Å². The number of hydrogen-bond donors (Lipinski definition) is 2. The zero-order valence-electron chi connectivity index (χ0n) is 15.2. The minimum absolute atomic E-state index is 0.126. The number of hydrogen-bond acceptors (Lipinski definition) is 4. The van der Waals surface area contributed by atoms with Gasteiger partial charge in [0, 0.05) is 6.54 Å². The van der Waals surface area contributed by atoms with Gasteiger partial charge in [0.05, 0.1) is 24.5 Å². The minimum atomic E-state index is -3.78. The van der Waals surface area contributed by atoms with Crippen LogP contribution in [0.15, 0.2) is 48.5 Å². The van der Waals surface area contributed by atoms with E-state index in [0.717, 1.165) is 17.4 Å². The Hall–Kier alpha value is -2.61. The highest BCUT2D eigenvalue weighted by Crippen LogP contribution is 2.14. The van der Waals surface area contributed by atoms with Crippen molar-refractivity contribution in [3.05, 3.63) is 59.9 Å². The van der Waals surface area contributed by atoms with Crippen LogP contribution in [0, 0.1) is 11.7 Å². The lowest BCUT2D eigenvalue weighted by Crippen LogP contribution is -2.35. The monoisotopic (exact) mass is 394 g/mol. The summed E-state index contributed by atoms with van der Waals surface area (Å²) in [6.07, 6.45) is 0.601. The van der Waals surface area contributed by atoms with Gasteiger partial charge in [-0.3, -0.25) is 9.52 Å². The van der Waals surface area contributed by atoms with Gasteiger partial charge in [-0.15, -0.1) is 0 Å². The van der Waals surface area contributed by atoms with E-state index in [1.54, 1.807) is 7.11 Å². The Morgan fingerprint density at radius 2 is 1.93 bits per heavy atom. The standard InChI is InChI=1S/C19H23FN2O4S/c1-14(13-27(24,25)22-17-7-4-6-16(20)12-17)19(23)21-10-9-15-5-3-8-18(11-15)26-2/h3-8,11-12,14,22H,9-10,13H2,1-2H3,(H,21,23). The van der Waals surface area contributed by atoms with Crippen LogP contribution in [-0.4, -0.2) is 33.7 Å². The lowest BCUT2D eigenvalue weighted by atomic mass is 10.1. The Morgan fingerprint density at radius 3 is 2.63 bits per heavy atom. The zero-order chi connectivity index (χ0) is 19.9. The Bertz CT molecular complexity index is 887. The van der Waals surface area contributed by atoms with E-state index in [2.05, 4.69) is 10.0 Å². The van der Waals surface area contributed by atoms with Gasteiger partial charge in [-0.05, 0) is 42.3 Å². The van der Waals surface area contributed by atoms with E-state index < -0.39 is 27.5 Å². The zero-order valence-corrected chi connectivity index (χ0v) is 16.1. The van der Waals surface area contributed by atoms with E-state index >= 15 is 0 Å². The molecule has 0 aliphatic carbocycles. The van der Waals surface area contributed by atoms with Crippen molar-refractivity contribution in [3.8, 4) is 5.75 Å². The van der Waals surface area contributed by atoms with Gasteiger partial charge in [0.1, 0.15) is 11.6 Å². The molecule has 0 aliphatic rings. The van der Waals surface area contributed by atoms with Crippen LogP contribution in [-0.2, 0) is 21.2 Å². The summed E-state index contributed by atoms with van der Waals surface area (Å²) in [7, 11) is -2.19. The summed E-state index contributed by atoms with van der Waals surface area (Å²) in [4.78, 5) is 12.2. The maximum atomic E-state index is 13.2. The van der Waals surface area contributed by atoms with Crippen LogP contribution in [0.5, 0.6) is 5.75 Å². The summed E-state index contributed by atoms with van der Waals surface area (Å²) in [5.41, 5.74) is 1.13. The molecule has 1 amide bonds. The van der Waals surface area contributed by atoms with Crippen LogP contribution in [0.1, 0.15) is 12.5 Å². The molecule has 0 aliphatic heterocycles. The van der Waals surface area contributed by atoms with Gasteiger partial charge in [0.15, 0.2) is 0 Å². The molecule has 2 N–H and O–H groups in total. The fraction of sp³-hybridized carbons (Fsp3) is 0.316. The molecule has 0 heterocycles. The number of ether oxygens (including phenoxy) is 1. The Kier molecular flexibility index (Phi) is 7.18. The third-order valence-corrected chi connectivity index (χ3v) is 5.35. The molecule has 2 aromatic rings. The number of methoxy groups -OCH3 is 1. The van der Waals surface area contributed by atoms with Gasteiger partial charge in [-0.1, -0.05) is 25.1 Å². The summed E-state index contributed by atoms with van der Waals surface area (Å²) in [5, 5.41) is 2.73. The molecule has 27 heavy (non-hydrogen) atoms. The molecule has 2 aromatic carbocycles. The van der Waals surface area contributed by atoms with E-state index in [4.69, 9.17) is 4.74 Å². The second-order valence-corrected chi connectivity index (χ2v) is 7.95. The molecule has 1 unspecified atom stereocenters. The van der Waals surface area contributed by atoms with Gasteiger partial charge in [-0.2, -0.15) is 0 Å². The first-order valence-corrected chi connectivity index (χ1v) is 10.1.